The lowest BCUT2D eigenvalue weighted by atomic mass is 10.0. The standard InChI is InChI=1S/C30H53N5O4S4/c1-5-9-11-24(7-3)22-42-40-19-17-38-29(36)32-26-14-16-35(21-26)27-13-15-31-28(33-27)34-30(37)39-18-20-41-43-23-25(8-4)12-10-6-2/h13,15,24-26H,5-12,14,16-23H2,1-4H3,(H,32,36)(H,31,33,34,37)/t24-,25-,26+/m0/s1. The van der Waals surface area contributed by atoms with Gasteiger partial charge in [0.2, 0.25) is 5.95 Å². The third-order valence-electron chi connectivity index (χ3n) is 7.35. The van der Waals surface area contributed by atoms with Crippen molar-refractivity contribution in [2.45, 2.75) is 91.5 Å². The zero-order chi connectivity index (χ0) is 31.1. The molecule has 2 rings (SSSR count). The number of aromatic nitrogens is 2. The Balaban J connectivity index is 1.59. The summed E-state index contributed by atoms with van der Waals surface area (Å²) in [6, 6.07) is 1.78. The lowest BCUT2D eigenvalue weighted by Crippen LogP contribution is -2.37. The highest BCUT2D eigenvalue weighted by molar-refractivity contribution is 8.77. The predicted molar refractivity (Wildman–Crippen MR) is 189 cm³/mol. The Hall–Kier alpha value is -1.18. The fraction of sp³-hybridized carbons (Fsp3) is 0.800. The molecule has 1 aliphatic rings. The van der Waals surface area contributed by atoms with Gasteiger partial charge in [0.25, 0.3) is 0 Å². The van der Waals surface area contributed by atoms with Crippen molar-refractivity contribution in [1.29, 1.82) is 0 Å². The van der Waals surface area contributed by atoms with Crippen molar-refractivity contribution in [2.75, 3.05) is 59.5 Å². The molecule has 13 heteroatoms. The van der Waals surface area contributed by atoms with Gasteiger partial charge in [-0.1, -0.05) is 109 Å². The van der Waals surface area contributed by atoms with Crippen molar-refractivity contribution < 1.29 is 19.1 Å². The van der Waals surface area contributed by atoms with E-state index in [0.717, 1.165) is 47.8 Å². The molecule has 1 saturated heterocycles. The fourth-order valence-electron chi connectivity index (χ4n) is 4.55. The second kappa shape index (κ2) is 24.1. The zero-order valence-corrected chi connectivity index (χ0v) is 29.8. The summed E-state index contributed by atoms with van der Waals surface area (Å²) < 4.78 is 10.7. The number of ether oxygens (including phenoxy) is 2. The van der Waals surface area contributed by atoms with Gasteiger partial charge in [-0.15, -0.1) is 0 Å². The number of anilines is 2. The average molecular weight is 676 g/mol. The molecule has 2 N–H and O–H groups in total. The van der Waals surface area contributed by atoms with Crippen LogP contribution in [-0.2, 0) is 9.47 Å². The maximum absolute atomic E-state index is 12.3. The minimum Gasteiger partial charge on any atom is -0.449 e. The molecule has 0 bridgehead atoms. The fourth-order valence-corrected chi connectivity index (χ4v) is 9.31. The molecule has 0 aromatic carbocycles. The van der Waals surface area contributed by atoms with Crippen molar-refractivity contribution in [1.82, 2.24) is 15.3 Å². The van der Waals surface area contributed by atoms with E-state index in [1.54, 1.807) is 33.9 Å². The van der Waals surface area contributed by atoms with Gasteiger partial charge >= 0.3 is 12.2 Å². The number of hydrogen-bond acceptors (Lipinski definition) is 11. The number of alkyl carbamates (subject to hydrolysis) is 1. The summed E-state index contributed by atoms with van der Waals surface area (Å²) in [7, 11) is 7.27. The first-order valence-corrected chi connectivity index (χ1v) is 20.9. The van der Waals surface area contributed by atoms with Crippen LogP contribution in [0.25, 0.3) is 0 Å². The van der Waals surface area contributed by atoms with Gasteiger partial charge in [-0.05, 0) is 37.2 Å². The van der Waals surface area contributed by atoms with Crippen LogP contribution in [0.2, 0.25) is 0 Å². The molecule has 0 radical (unpaired) electrons. The summed E-state index contributed by atoms with van der Waals surface area (Å²) in [5, 5.41) is 5.59. The maximum Gasteiger partial charge on any atom is 0.414 e. The molecule has 1 fully saturated rings. The van der Waals surface area contributed by atoms with Crippen LogP contribution < -0.4 is 15.5 Å². The minimum atomic E-state index is -0.556. The molecule has 1 aromatic heterocycles. The quantitative estimate of drug-likeness (QED) is 0.0861. The van der Waals surface area contributed by atoms with Crippen LogP contribution in [0.5, 0.6) is 0 Å². The number of hydrogen-bond donors (Lipinski definition) is 2. The Kier molecular flexibility index (Phi) is 21.3. The van der Waals surface area contributed by atoms with Crippen molar-refractivity contribution in [2.24, 2.45) is 11.8 Å². The summed E-state index contributed by atoms with van der Waals surface area (Å²) in [4.78, 5) is 35.2. The molecular formula is C30H53N5O4S4. The summed E-state index contributed by atoms with van der Waals surface area (Å²) in [5.41, 5.74) is 0. The van der Waals surface area contributed by atoms with E-state index in [0.29, 0.717) is 25.6 Å². The first kappa shape index (κ1) is 38.0. The lowest BCUT2D eigenvalue weighted by Gasteiger charge is -2.18. The summed E-state index contributed by atoms with van der Waals surface area (Å²) in [6.45, 7) is 11.1. The number of amides is 2. The highest BCUT2D eigenvalue weighted by atomic mass is 33.1. The minimum absolute atomic E-state index is 0.0237. The second-order valence-electron chi connectivity index (χ2n) is 10.8. The molecule has 0 saturated carbocycles. The van der Waals surface area contributed by atoms with E-state index in [1.807, 2.05) is 21.6 Å². The largest absolute Gasteiger partial charge is 0.449 e. The Morgan fingerprint density at radius 3 is 2.12 bits per heavy atom. The first-order chi connectivity index (χ1) is 21.0. The molecule has 43 heavy (non-hydrogen) atoms. The number of carbonyl (C=O) groups excluding carboxylic acids is 2. The number of unbranched alkanes of at least 4 members (excludes halogenated alkanes) is 2. The van der Waals surface area contributed by atoms with Crippen molar-refractivity contribution in [3.8, 4) is 0 Å². The number of carbonyl (C=O) groups is 2. The second-order valence-corrected chi connectivity index (χ2v) is 16.0. The molecule has 0 spiro atoms. The Labute approximate surface area is 275 Å². The summed E-state index contributed by atoms with van der Waals surface area (Å²) >= 11 is 0. The van der Waals surface area contributed by atoms with Crippen LogP contribution in [0, 0.1) is 11.8 Å². The summed E-state index contributed by atoms with van der Waals surface area (Å²) in [5.74, 6) is 6.26. The van der Waals surface area contributed by atoms with Crippen molar-refractivity contribution in [3.63, 3.8) is 0 Å². The van der Waals surface area contributed by atoms with Crippen LogP contribution >= 0.6 is 43.2 Å². The smallest absolute Gasteiger partial charge is 0.414 e. The van der Waals surface area contributed by atoms with Gasteiger partial charge < -0.3 is 19.7 Å². The van der Waals surface area contributed by atoms with Crippen molar-refractivity contribution in [3.05, 3.63) is 12.3 Å². The van der Waals surface area contributed by atoms with Crippen LogP contribution in [-0.4, -0.2) is 77.5 Å². The molecule has 0 aliphatic carbocycles. The number of nitrogens with one attached hydrogen (secondary N) is 2. The number of nitrogens with zero attached hydrogens (tertiary/aromatic N) is 3. The van der Waals surface area contributed by atoms with Gasteiger partial charge in [0, 0.05) is 42.3 Å². The monoisotopic (exact) mass is 675 g/mol. The summed E-state index contributed by atoms with van der Waals surface area (Å²) in [6.07, 6.45) is 11.6. The average Bonchev–Trinajstić information content (AvgIpc) is 3.48. The highest BCUT2D eigenvalue weighted by Crippen LogP contribution is 2.28. The van der Waals surface area contributed by atoms with Crippen LogP contribution in [0.15, 0.2) is 12.3 Å². The van der Waals surface area contributed by atoms with E-state index in [1.165, 1.54) is 51.4 Å². The molecule has 1 aliphatic heterocycles. The van der Waals surface area contributed by atoms with E-state index < -0.39 is 6.09 Å². The predicted octanol–water partition coefficient (Wildman–Crippen LogP) is 8.53. The number of rotatable bonds is 23. The Morgan fingerprint density at radius 2 is 1.53 bits per heavy atom. The van der Waals surface area contributed by atoms with E-state index in [9.17, 15) is 9.59 Å². The van der Waals surface area contributed by atoms with Gasteiger partial charge in [0.05, 0.1) is 6.04 Å². The first-order valence-electron chi connectivity index (χ1n) is 15.9. The molecule has 3 atom stereocenters. The highest BCUT2D eigenvalue weighted by Gasteiger charge is 2.25. The topological polar surface area (TPSA) is 106 Å². The van der Waals surface area contributed by atoms with Gasteiger partial charge in [-0.25, -0.2) is 14.6 Å². The molecule has 2 heterocycles. The van der Waals surface area contributed by atoms with Gasteiger partial charge in [0.1, 0.15) is 19.0 Å². The Morgan fingerprint density at radius 1 is 0.930 bits per heavy atom. The Bertz CT molecular complexity index is 904. The molecule has 246 valence electrons. The SMILES string of the molecule is CCCC[C@H](CC)CSSCCOC(=O)Nc1nccc(N2CC[C@@H](NC(=O)OCCSSC[C@@H](CC)CCCC)C2)n1. The lowest BCUT2D eigenvalue weighted by molar-refractivity contribution is 0.150. The van der Waals surface area contributed by atoms with E-state index in [4.69, 9.17) is 9.47 Å². The third-order valence-corrected chi connectivity index (χ3v) is 12.4. The van der Waals surface area contributed by atoms with Gasteiger partial charge in [0.15, 0.2) is 0 Å². The molecular weight excluding hydrogens is 623 g/mol. The van der Waals surface area contributed by atoms with E-state index >= 15 is 0 Å². The van der Waals surface area contributed by atoms with Gasteiger partial charge in [-0.2, -0.15) is 4.98 Å². The maximum atomic E-state index is 12.3. The normalized spacial score (nSPS) is 16.1. The molecule has 2 amide bonds. The van der Waals surface area contributed by atoms with Crippen LogP contribution in [0.3, 0.4) is 0 Å². The van der Waals surface area contributed by atoms with Crippen LogP contribution in [0.1, 0.15) is 85.5 Å². The molecule has 9 nitrogen and oxygen atoms in total. The third kappa shape index (κ3) is 17.2. The molecule has 1 aromatic rings. The van der Waals surface area contributed by atoms with E-state index in [2.05, 4.69) is 53.2 Å². The van der Waals surface area contributed by atoms with Crippen molar-refractivity contribution >= 4 is 67.1 Å². The van der Waals surface area contributed by atoms with Crippen LogP contribution in [0.4, 0.5) is 21.4 Å². The zero-order valence-electron chi connectivity index (χ0n) is 26.5. The van der Waals surface area contributed by atoms with E-state index in [-0.39, 0.29) is 18.1 Å². The molecule has 0 unspecified atom stereocenters. The van der Waals surface area contributed by atoms with Gasteiger partial charge in [-0.3, -0.25) is 5.32 Å².